The molecule has 11 nitrogen and oxygen atoms in total. The Balaban J connectivity index is 2.32. The summed E-state index contributed by atoms with van der Waals surface area (Å²) in [6.45, 7) is 2.44. The van der Waals surface area contributed by atoms with Gasteiger partial charge in [0.1, 0.15) is 22.1 Å². The van der Waals surface area contributed by atoms with E-state index in [-0.39, 0.29) is 18.7 Å². The summed E-state index contributed by atoms with van der Waals surface area (Å²) in [7, 11) is -1.78. The van der Waals surface area contributed by atoms with E-state index in [2.05, 4.69) is 0 Å². The number of carbonyl (C=O) groups is 2. The van der Waals surface area contributed by atoms with Gasteiger partial charge < -0.3 is 10.5 Å². The Hall–Kier alpha value is -3.32. The molecule has 1 heterocycles. The number of nitrogens with two attached hydrogens (primary N) is 1. The number of nitrogen functional groups attached to an aromatic ring is 1. The SMILES string of the molecule is CCN(CC)S(=O)(=O)c1cc(C(=O)OCC(=O)c2c(N)n(C)c(=O)n(C)c2=O)ccc1F. The Morgan fingerprint density at radius 1 is 1.12 bits per heavy atom. The zero-order valence-electron chi connectivity index (χ0n) is 17.9. The minimum Gasteiger partial charge on any atom is -0.454 e. The molecule has 0 unspecified atom stereocenters. The average molecular weight is 470 g/mol. The maximum Gasteiger partial charge on any atom is 0.338 e. The monoisotopic (exact) mass is 470 g/mol. The Labute approximate surface area is 182 Å². The zero-order chi connectivity index (χ0) is 24.4. The predicted octanol–water partition coefficient (Wildman–Crippen LogP) is -0.124. The van der Waals surface area contributed by atoms with Gasteiger partial charge in [-0.1, -0.05) is 13.8 Å². The summed E-state index contributed by atoms with van der Waals surface area (Å²) in [5, 5.41) is 0. The van der Waals surface area contributed by atoms with E-state index < -0.39 is 61.7 Å². The van der Waals surface area contributed by atoms with Crippen LogP contribution in [-0.2, 0) is 28.9 Å². The van der Waals surface area contributed by atoms with Gasteiger partial charge in [0, 0.05) is 27.2 Å². The van der Waals surface area contributed by atoms with Gasteiger partial charge >= 0.3 is 11.7 Å². The topological polar surface area (TPSA) is 151 Å². The van der Waals surface area contributed by atoms with E-state index in [9.17, 15) is 32.0 Å². The van der Waals surface area contributed by atoms with E-state index in [1.165, 1.54) is 7.05 Å². The molecule has 0 aliphatic heterocycles. The van der Waals surface area contributed by atoms with Crippen LogP contribution in [0.3, 0.4) is 0 Å². The minimum atomic E-state index is -4.20. The smallest absolute Gasteiger partial charge is 0.338 e. The van der Waals surface area contributed by atoms with Crippen molar-refractivity contribution in [2.24, 2.45) is 14.1 Å². The molecule has 0 amide bonds. The van der Waals surface area contributed by atoms with Crippen LogP contribution in [0.5, 0.6) is 0 Å². The van der Waals surface area contributed by atoms with Gasteiger partial charge in [-0.15, -0.1) is 0 Å². The number of sulfonamides is 1. The highest BCUT2D eigenvalue weighted by molar-refractivity contribution is 7.89. The van der Waals surface area contributed by atoms with Gasteiger partial charge in [-0.05, 0) is 18.2 Å². The minimum absolute atomic E-state index is 0.0946. The highest BCUT2D eigenvalue weighted by atomic mass is 32.2. The van der Waals surface area contributed by atoms with Crippen molar-refractivity contribution in [2.45, 2.75) is 18.7 Å². The van der Waals surface area contributed by atoms with Crippen LogP contribution >= 0.6 is 0 Å². The molecule has 0 aliphatic carbocycles. The number of nitrogens with zero attached hydrogens (tertiary/aromatic N) is 3. The highest BCUT2D eigenvalue weighted by Gasteiger charge is 2.27. The van der Waals surface area contributed by atoms with Crippen molar-refractivity contribution in [3.8, 4) is 0 Å². The van der Waals surface area contributed by atoms with E-state index in [0.29, 0.717) is 4.57 Å². The lowest BCUT2D eigenvalue weighted by Gasteiger charge is -2.19. The molecule has 2 N–H and O–H groups in total. The first-order valence-electron chi connectivity index (χ1n) is 9.43. The molecule has 0 bridgehead atoms. The van der Waals surface area contributed by atoms with Gasteiger partial charge in [0.05, 0.1) is 5.56 Å². The second-order valence-corrected chi connectivity index (χ2v) is 8.61. The second kappa shape index (κ2) is 9.44. The van der Waals surface area contributed by atoms with Crippen LogP contribution in [0.25, 0.3) is 0 Å². The lowest BCUT2D eigenvalue weighted by molar-refractivity contribution is 0.0474. The number of ketones is 1. The molecule has 2 rings (SSSR count). The molecular weight excluding hydrogens is 447 g/mol. The number of aromatic nitrogens is 2. The highest BCUT2D eigenvalue weighted by Crippen LogP contribution is 2.21. The number of hydrogen-bond acceptors (Lipinski definition) is 8. The van der Waals surface area contributed by atoms with Gasteiger partial charge in [0.25, 0.3) is 5.56 Å². The summed E-state index contributed by atoms with van der Waals surface area (Å²) in [6.07, 6.45) is 0. The number of carbonyl (C=O) groups excluding carboxylic acids is 2. The van der Waals surface area contributed by atoms with E-state index in [1.807, 2.05) is 0 Å². The fourth-order valence-corrected chi connectivity index (χ4v) is 4.49. The Morgan fingerprint density at radius 2 is 1.72 bits per heavy atom. The number of halogens is 1. The molecule has 2 aromatic rings. The number of ether oxygens (including phenoxy) is 1. The van der Waals surface area contributed by atoms with Crippen LogP contribution in [0.2, 0.25) is 0 Å². The summed E-state index contributed by atoms with van der Waals surface area (Å²) < 4.78 is 46.9. The molecule has 1 aromatic heterocycles. The van der Waals surface area contributed by atoms with Gasteiger partial charge in [-0.25, -0.2) is 22.4 Å². The van der Waals surface area contributed by atoms with E-state index in [4.69, 9.17) is 10.5 Å². The summed E-state index contributed by atoms with van der Waals surface area (Å²) in [6, 6.07) is 2.62. The molecule has 0 saturated carbocycles. The molecular formula is C19H23FN4O7S. The van der Waals surface area contributed by atoms with E-state index in [0.717, 1.165) is 34.1 Å². The number of hydrogen-bond donors (Lipinski definition) is 1. The lowest BCUT2D eigenvalue weighted by Crippen LogP contribution is -2.42. The molecule has 1 aromatic carbocycles. The fraction of sp³-hybridized carbons (Fsp3) is 0.368. The fourth-order valence-electron chi connectivity index (χ4n) is 2.94. The number of Topliss-reactive ketones (excluding diaryl/α,β-unsaturated/α-hetero) is 1. The third-order valence-electron chi connectivity index (χ3n) is 4.81. The maximum atomic E-state index is 14.2. The second-order valence-electron chi connectivity index (χ2n) is 6.70. The van der Waals surface area contributed by atoms with Crippen molar-refractivity contribution in [1.82, 2.24) is 13.4 Å². The first kappa shape index (κ1) is 24.9. The van der Waals surface area contributed by atoms with Gasteiger partial charge in [-0.2, -0.15) is 4.31 Å². The van der Waals surface area contributed by atoms with Crippen molar-refractivity contribution >= 4 is 27.6 Å². The largest absolute Gasteiger partial charge is 0.454 e. The van der Waals surface area contributed by atoms with Gasteiger partial charge in [0.15, 0.2) is 6.61 Å². The van der Waals surface area contributed by atoms with Crippen LogP contribution < -0.4 is 17.0 Å². The third kappa shape index (κ3) is 4.48. The van der Waals surface area contributed by atoms with Crippen LogP contribution in [0, 0.1) is 5.82 Å². The molecule has 32 heavy (non-hydrogen) atoms. The number of benzene rings is 1. The van der Waals surface area contributed by atoms with E-state index >= 15 is 0 Å². The van der Waals surface area contributed by atoms with Crippen LogP contribution in [0.15, 0.2) is 32.7 Å². The molecule has 0 spiro atoms. The van der Waals surface area contributed by atoms with Crippen molar-refractivity contribution in [3.63, 3.8) is 0 Å². The summed E-state index contributed by atoms with van der Waals surface area (Å²) in [5.41, 5.74) is 3.14. The number of esters is 1. The van der Waals surface area contributed by atoms with E-state index in [1.54, 1.807) is 13.8 Å². The Morgan fingerprint density at radius 3 is 2.28 bits per heavy atom. The Kier molecular flexibility index (Phi) is 7.36. The number of anilines is 1. The summed E-state index contributed by atoms with van der Waals surface area (Å²) in [4.78, 5) is 48.2. The van der Waals surface area contributed by atoms with Crippen LogP contribution in [0.4, 0.5) is 10.2 Å². The number of rotatable bonds is 8. The average Bonchev–Trinajstić information content (AvgIpc) is 2.75. The zero-order valence-corrected chi connectivity index (χ0v) is 18.7. The van der Waals surface area contributed by atoms with Crippen LogP contribution in [-0.4, -0.2) is 53.3 Å². The van der Waals surface area contributed by atoms with Gasteiger partial charge in [0.2, 0.25) is 15.8 Å². The molecule has 0 saturated heterocycles. The molecule has 0 radical (unpaired) electrons. The predicted molar refractivity (Wildman–Crippen MR) is 112 cm³/mol. The molecule has 0 aliphatic rings. The lowest BCUT2D eigenvalue weighted by atomic mass is 10.2. The normalized spacial score (nSPS) is 11.6. The first-order chi connectivity index (χ1) is 14.9. The molecule has 174 valence electrons. The summed E-state index contributed by atoms with van der Waals surface area (Å²) >= 11 is 0. The summed E-state index contributed by atoms with van der Waals surface area (Å²) in [5.74, 6) is -3.53. The third-order valence-corrected chi connectivity index (χ3v) is 6.88. The molecule has 0 fully saturated rings. The standard InChI is InChI=1S/C19H23FN4O7S/c1-5-24(6-2)32(29,30)14-9-11(7-8-12(14)20)18(27)31-10-13(25)15-16(21)22(3)19(28)23(4)17(15)26/h7-9H,5-6,10,21H2,1-4H3. The van der Waals surface area contributed by atoms with Crippen molar-refractivity contribution < 1.29 is 27.1 Å². The molecule has 0 atom stereocenters. The molecule has 13 heteroatoms. The van der Waals surface area contributed by atoms with Crippen molar-refractivity contribution in [1.29, 1.82) is 0 Å². The van der Waals surface area contributed by atoms with Crippen molar-refractivity contribution in [2.75, 3.05) is 25.4 Å². The Bertz CT molecular complexity index is 1290. The van der Waals surface area contributed by atoms with Crippen molar-refractivity contribution in [3.05, 3.63) is 56.0 Å². The first-order valence-corrected chi connectivity index (χ1v) is 10.9. The quantitative estimate of drug-likeness (QED) is 0.414. The van der Waals surface area contributed by atoms with Crippen LogP contribution in [0.1, 0.15) is 34.6 Å². The van der Waals surface area contributed by atoms with Gasteiger partial charge in [-0.3, -0.25) is 18.7 Å². The maximum absolute atomic E-state index is 14.2.